The van der Waals surface area contributed by atoms with Crippen LogP contribution in [0.15, 0.2) is 0 Å². The number of rotatable bonds is 7. The van der Waals surface area contributed by atoms with Crippen LogP contribution in [0.1, 0.15) is 20.3 Å². The van der Waals surface area contributed by atoms with Gasteiger partial charge >= 0.3 is 5.97 Å². The molecule has 0 aromatic carbocycles. The van der Waals surface area contributed by atoms with Gasteiger partial charge in [-0.15, -0.1) is 0 Å². The molecule has 0 aliphatic carbocycles. The maximum Gasteiger partial charge on any atom is 0.333 e. The second kappa shape index (κ2) is 6.86. The van der Waals surface area contributed by atoms with Gasteiger partial charge in [0.2, 0.25) is 0 Å². The molecule has 0 aliphatic rings. The van der Waals surface area contributed by atoms with E-state index in [4.69, 9.17) is 14.6 Å². The van der Waals surface area contributed by atoms with E-state index < -0.39 is 12.1 Å². The van der Waals surface area contributed by atoms with Crippen LogP contribution in [0.3, 0.4) is 0 Å². The van der Waals surface area contributed by atoms with Crippen LogP contribution in [0, 0.1) is 5.92 Å². The molecule has 0 heterocycles. The van der Waals surface area contributed by atoms with Crippen LogP contribution in [0.4, 0.5) is 0 Å². The van der Waals surface area contributed by atoms with Crippen molar-refractivity contribution in [2.24, 2.45) is 5.92 Å². The Bertz CT molecular complexity index is 145. The number of aliphatic carboxylic acids is 1. The molecule has 0 saturated carbocycles. The van der Waals surface area contributed by atoms with E-state index in [0.717, 1.165) is 6.42 Å². The van der Waals surface area contributed by atoms with E-state index in [1.54, 1.807) is 7.11 Å². The first-order chi connectivity index (χ1) is 6.09. The van der Waals surface area contributed by atoms with Crippen molar-refractivity contribution in [3.05, 3.63) is 0 Å². The lowest BCUT2D eigenvalue weighted by molar-refractivity contribution is -0.153. The van der Waals surface area contributed by atoms with E-state index in [1.165, 1.54) is 0 Å². The number of carboxylic acids is 1. The first-order valence-electron chi connectivity index (χ1n) is 4.43. The van der Waals surface area contributed by atoms with Crippen molar-refractivity contribution in [1.29, 1.82) is 0 Å². The number of hydrogen-bond acceptors (Lipinski definition) is 3. The van der Waals surface area contributed by atoms with E-state index >= 15 is 0 Å². The molecule has 1 N–H and O–H groups in total. The Balaban J connectivity index is 3.64. The predicted octanol–water partition coefficient (Wildman–Crippen LogP) is 1.15. The molecule has 0 amide bonds. The fourth-order valence-electron chi connectivity index (χ4n) is 0.962. The lowest BCUT2D eigenvalue weighted by Crippen LogP contribution is -2.29. The third-order valence-electron chi connectivity index (χ3n) is 1.64. The smallest absolute Gasteiger partial charge is 0.333 e. The SMILES string of the molecule is COCCCOC(C(=O)O)C(C)C. The molecule has 0 aromatic rings. The number of ether oxygens (including phenoxy) is 2. The first-order valence-corrected chi connectivity index (χ1v) is 4.43. The molecule has 0 fully saturated rings. The number of carboxylic acid groups (broad SMARTS) is 1. The highest BCUT2D eigenvalue weighted by molar-refractivity contribution is 5.72. The van der Waals surface area contributed by atoms with Crippen LogP contribution >= 0.6 is 0 Å². The maximum atomic E-state index is 10.6. The van der Waals surface area contributed by atoms with Crippen molar-refractivity contribution in [2.45, 2.75) is 26.4 Å². The van der Waals surface area contributed by atoms with Crippen molar-refractivity contribution >= 4 is 5.97 Å². The Morgan fingerprint density at radius 3 is 2.38 bits per heavy atom. The zero-order chi connectivity index (χ0) is 10.3. The van der Waals surface area contributed by atoms with E-state index in [2.05, 4.69) is 0 Å². The summed E-state index contributed by atoms with van der Waals surface area (Å²) in [6.07, 6.45) is 0.0318. The summed E-state index contributed by atoms with van der Waals surface area (Å²) in [6.45, 7) is 4.69. The molecule has 0 aromatic heterocycles. The summed E-state index contributed by atoms with van der Waals surface area (Å²) >= 11 is 0. The topological polar surface area (TPSA) is 55.8 Å². The van der Waals surface area contributed by atoms with E-state index in [-0.39, 0.29) is 5.92 Å². The van der Waals surface area contributed by atoms with Gasteiger partial charge in [-0.25, -0.2) is 4.79 Å². The van der Waals surface area contributed by atoms with Crippen molar-refractivity contribution in [3.8, 4) is 0 Å². The summed E-state index contributed by atoms with van der Waals surface area (Å²) in [4.78, 5) is 10.6. The van der Waals surface area contributed by atoms with Gasteiger partial charge in [-0.3, -0.25) is 0 Å². The second-order valence-electron chi connectivity index (χ2n) is 3.22. The van der Waals surface area contributed by atoms with Gasteiger partial charge in [-0.2, -0.15) is 0 Å². The number of hydrogen-bond donors (Lipinski definition) is 1. The highest BCUT2D eigenvalue weighted by Crippen LogP contribution is 2.06. The quantitative estimate of drug-likeness (QED) is 0.612. The Labute approximate surface area is 78.8 Å². The van der Waals surface area contributed by atoms with Gasteiger partial charge in [0.05, 0.1) is 0 Å². The van der Waals surface area contributed by atoms with Gasteiger partial charge in [-0.05, 0) is 12.3 Å². The average molecular weight is 190 g/mol. The summed E-state index contributed by atoms with van der Waals surface area (Å²) in [6, 6.07) is 0. The summed E-state index contributed by atoms with van der Waals surface area (Å²) in [5.74, 6) is -0.896. The Morgan fingerprint density at radius 2 is 2.00 bits per heavy atom. The lowest BCUT2D eigenvalue weighted by Gasteiger charge is -2.16. The molecule has 0 spiro atoms. The number of carbonyl (C=O) groups is 1. The van der Waals surface area contributed by atoms with E-state index in [9.17, 15) is 4.79 Å². The normalized spacial score (nSPS) is 13.2. The molecule has 78 valence electrons. The molecule has 13 heavy (non-hydrogen) atoms. The molecule has 0 bridgehead atoms. The predicted molar refractivity (Wildman–Crippen MR) is 48.7 cm³/mol. The molecule has 0 radical (unpaired) electrons. The minimum atomic E-state index is -0.896. The minimum Gasteiger partial charge on any atom is -0.479 e. The van der Waals surface area contributed by atoms with Gasteiger partial charge in [0.15, 0.2) is 6.10 Å². The summed E-state index contributed by atoms with van der Waals surface area (Å²) in [5.41, 5.74) is 0. The Hall–Kier alpha value is -0.610. The third kappa shape index (κ3) is 5.60. The van der Waals surface area contributed by atoms with Gasteiger partial charge in [-0.1, -0.05) is 13.8 Å². The maximum absolute atomic E-state index is 10.6. The van der Waals surface area contributed by atoms with Gasteiger partial charge in [0.1, 0.15) is 0 Å². The first kappa shape index (κ1) is 12.4. The van der Waals surface area contributed by atoms with Crippen LogP contribution in [-0.2, 0) is 14.3 Å². The van der Waals surface area contributed by atoms with Crippen molar-refractivity contribution < 1.29 is 19.4 Å². The van der Waals surface area contributed by atoms with E-state index in [0.29, 0.717) is 13.2 Å². The highest BCUT2D eigenvalue weighted by atomic mass is 16.5. The average Bonchev–Trinajstić information content (AvgIpc) is 2.02. The molecular formula is C9H18O4. The zero-order valence-corrected chi connectivity index (χ0v) is 8.45. The number of methoxy groups -OCH3 is 1. The fraction of sp³-hybridized carbons (Fsp3) is 0.889. The van der Waals surface area contributed by atoms with Crippen molar-refractivity contribution in [2.75, 3.05) is 20.3 Å². The van der Waals surface area contributed by atoms with Gasteiger partial charge < -0.3 is 14.6 Å². The molecular weight excluding hydrogens is 172 g/mol. The fourth-order valence-corrected chi connectivity index (χ4v) is 0.962. The molecule has 4 heteroatoms. The van der Waals surface area contributed by atoms with Crippen LogP contribution in [-0.4, -0.2) is 37.5 Å². The molecule has 0 aliphatic heterocycles. The summed E-state index contributed by atoms with van der Waals surface area (Å²) < 4.78 is 10.0. The largest absolute Gasteiger partial charge is 0.479 e. The van der Waals surface area contributed by atoms with Crippen molar-refractivity contribution in [1.82, 2.24) is 0 Å². The van der Waals surface area contributed by atoms with Gasteiger partial charge in [0.25, 0.3) is 0 Å². The van der Waals surface area contributed by atoms with Crippen LogP contribution in [0.5, 0.6) is 0 Å². The van der Waals surface area contributed by atoms with Crippen molar-refractivity contribution in [3.63, 3.8) is 0 Å². The highest BCUT2D eigenvalue weighted by Gasteiger charge is 2.21. The summed E-state index contributed by atoms with van der Waals surface area (Å²) in [5, 5.41) is 8.74. The van der Waals surface area contributed by atoms with E-state index in [1.807, 2.05) is 13.8 Å². The Kier molecular flexibility index (Phi) is 6.54. The molecule has 4 nitrogen and oxygen atoms in total. The standard InChI is InChI=1S/C9H18O4/c1-7(2)8(9(10)11)13-6-4-5-12-3/h7-8H,4-6H2,1-3H3,(H,10,11). The molecule has 0 rings (SSSR count). The molecule has 0 saturated heterocycles. The van der Waals surface area contributed by atoms with Gasteiger partial charge in [0, 0.05) is 20.3 Å². The second-order valence-corrected chi connectivity index (χ2v) is 3.22. The molecule has 1 atom stereocenters. The monoisotopic (exact) mass is 190 g/mol. The van der Waals surface area contributed by atoms with Crippen LogP contribution in [0.2, 0.25) is 0 Å². The molecule has 1 unspecified atom stereocenters. The zero-order valence-electron chi connectivity index (χ0n) is 8.45. The lowest BCUT2D eigenvalue weighted by atomic mass is 10.1. The van der Waals surface area contributed by atoms with Crippen LogP contribution < -0.4 is 0 Å². The minimum absolute atomic E-state index is 0.0000416. The summed E-state index contributed by atoms with van der Waals surface area (Å²) in [7, 11) is 1.61. The van der Waals surface area contributed by atoms with Crippen LogP contribution in [0.25, 0.3) is 0 Å². The Morgan fingerprint density at radius 1 is 1.38 bits per heavy atom. The third-order valence-corrected chi connectivity index (χ3v) is 1.64.